The lowest BCUT2D eigenvalue weighted by Gasteiger charge is -2.13. The van der Waals surface area contributed by atoms with Crippen LogP contribution >= 0.6 is 0 Å². The van der Waals surface area contributed by atoms with Crippen LogP contribution < -0.4 is 10.1 Å². The van der Waals surface area contributed by atoms with Gasteiger partial charge in [-0.25, -0.2) is 4.98 Å². The van der Waals surface area contributed by atoms with Crippen LogP contribution in [0.3, 0.4) is 0 Å². The molecule has 0 bridgehead atoms. The molecular weight excluding hydrogens is 258 g/mol. The topological polar surface area (TPSA) is 65.5 Å². The molecule has 1 atom stereocenters. The van der Waals surface area contributed by atoms with Crippen molar-refractivity contribution in [2.45, 2.75) is 37.8 Å². The van der Waals surface area contributed by atoms with Crippen molar-refractivity contribution < 1.29 is 14.2 Å². The minimum Gasteiger partial charge on any atom is -0.475 e. The summed E-state index contributed by atoms with van der Waals surface area (Å²) in [5.41, 5.74) is 0. The van der Waals surface area contributed by atoms with Crippen molar-refractivity contribution in [1.29, 1.82) is 0 Å². The smallest absolute Gasteiger partial charge is 0.218 e. The molecule has 110 valence electrons. The molecule has 0 aromatic carbocycles. The highest BCUT2D eigenvalue weighted by atomic mass is 16.5. The van der Waals surface area contributed by atoms with Crippen molar-refractivity contribution in [3.8, 4) is 5.88 Å². The standard InChI is InChI=1S/C14H21N3O3/c1-18-7-8-20-13-9-12(15-10-4-5-10)16-14(17-13)11-3-2-6-19-11/h9-11H,2-8H2,1H3,(H,15,16,17). The second-order valence-electron chi connectivity index (χ2n) is 5.21. The lowest BCUT2D eigenvalue weighted by Crippen LogP contribution is -2.12. The highest BCUT2D eigenvalue weighted by molar-refractivity contribution is 5.41. The van der Waals surface area contributed by atoms with Gasteiger partial charge >= 0.3 is 0 Å². The average Bonchev–Trinajstić information content (AvgIpc) is 3.08. The molecule has 1 unspecified atom stereocenters. The van der Waals surface area contributed by atoms with Crippen LogP contribution in [0, 0.1) is 0 Å². The molecule has 6 heteroatoms. The highest BCUT2D eigenvalue weighted by Crippen LogP contribution is 2.30. The molecule has 1 saturated carbocycles. The van der Waals surface area contributed by atoms with Crippen molar-refractivity contribution in [1.82, 2.24) is 9.97 Å². The third-order valence-corrected chi connectivity index (χ3v) is 3.40. The van der Waals surface area contributed by atoms with Crippen LogP contribution in [0.25, 0.3) is 0 Å². The first kappa shape index (κ1) is 13.6. The molecule has 0 spiro atoms. The Morgan fingerprint density at radius 1 is 1.30 bits per heavy atom. The van der Waals surface area contributed by atoms with E-state index in [-0.39, 0.29) is 6.10 Å². The number of anilines is 1. The second-order valence-corrected chi connectivity index (χ2v) is 5.21. The van der Waals surface area contributed by atoms with Gasteiger partial charge in [-0.2, -0.15) is 4.98 Å². The zero-order valence-electron chi connectivity index (χ0n) is 11.8. The second kappa shape index (κ2) is 6.37. The number of nitrogens with zero attached hydrogens (tertiary/aromatic N) is 2. The van der Waals surface area contributed by atoms with Crippen LogP contribution in [0.2, 0.25) is 0 Å². The zero-order valence-corrected chi connectivity index (χ0v) is 11.8. The number of aromatic nitrogens is 2. The monoisotopic (exact) mass is 279 g/mol. The van der Waals surface area contributed by atoms with Gasteiger partial charge in [0.2, 0.25) is 5.88 Å². The summed E-state index contributed by atoms with van der Waals surface area (Å²) in [6, 6.07) is 2.40. The number of rotatable bonds is 7. The van der Waals surface area contributed by atoms with E-state index in [4.69, 9.17) is 14.2 Å². The summed E-state index contributed by atoms with van der Waals surface area (Å²) in [6.07, 6.45) is 4.46. The van der Waals surface area contributed by atoms with Gasteiger partial charge in [0.25, 0.3) is 0 Å². The van der Waals surface area contributed by atoms with Crippen LogP contribution in [0.15, 0.2) is 6.07 Å². The van der Waals surface area contributed by atoms with E-state index in [1.165, 1.54) is 12.8 Å². The first-order valence-electron chi connectivity index (χ1n) is 7.24. The quantitative estimate of drug-likeness (QED) is 0.769. The summed E-state index contributed by atoms with van der Waals surface area (Å²) in [6.45, 7) is 1.82. The summed E-state index contributed by atoms with van der Waals surface area (Å²) in [5.74, 6) is 2.15. The molecule has 6 nitrogen and oxygen atoms in total. The van der Waals surface area contributed by atoms with Gasteiger partial charge in [-0.05, 0) is 25.7 Å². The molecule has 2 fully saturated rings. The van der Waals surface area contributed by atoms with Crippen LogP contribution in [0.1, 0.15) is 37.6 Å². The maximum Gasteiger partial charge on any atom is 0.218 e. The van der Waals surface area contributed by atoms with Gasteiger partial charge in [-0.15, -0.1) is 0 Å². The highest BCUT2D eigenvalue weighted by Gasteiger charge is 2.25. The van der Waals surface area contributed by atoms with Gasteiger partial charge in [0, 0.05) is 25.8 Å². The van der Waals surface area contributed by atoms with Gasteiger partial charge in [0.15, 0.2) is 5.82 Å². The number of hydrogen-bond donors (Lipinski definition) is 1. The molecular formula is C14H21N3O3. The van der Waals surface area contributed by atoms with E-state index in [0.29, 0.717) is 25.1 Å². The van der Waals surface area contributed by atoms with Gasteiger partial charge < -0.3 is 19.5 Å². The Bertz CT molecular complexity index is 445. The molecule has 1 aromatic heterocycles. The molecule has 1 saturated heterocycles. The van der Waals surface area contributed by atoms with E-state index in [9.17, 15) is 0 Å². The van der Waals surface area contributed by atoms with Crippen molar-refractivity contribution in [2.75, 3.05) is 32.2 Å². The summed E-state index contributed by atoms with van der Waals surface area (Å²) in [5, 5.41) is 3.39. The van der Waals surface area contributed by atoms with Crippen LogP contribution in [0.4, 0.5) is 5.82 Å². The van der Waals surface area contributed by atoms with E-state index in [0.717, 1.165) is 31.1 Å². The van der Waals surface area contributed by atoms with E-state index in [1.807, 2.05) is 6.07 Å². The summed E-state index contributed by atoms with van der Waals surface area (Å²) >= 11 is 0. The fourth-order valence-corrected chi connectivity index (χ4v) is 2.18. The molecule has 1 aliphatic heterocycles. The molecule has 2 aliphatic rings. The maximum absolute atomic E-state index is 5.66. The molecule has 0 radical (unpaired) electrons. The Morgan fingerprint density at radius 2 is 2.20 bits per heavy atom. The summed E-state index contributed by atoms with van der Waals surface area (Å²) < 4.78 is 16.3. The first-order chi connectivity index (χ1) is 9.85. The fraction of sp³-hybridized carbons (Fsp3) is 0.714. The predicted molar refractivity (Wildman–Crippen MR) is 74.0 cm³/mol. The van der Waals surface area contributed by atoms with Crippen LogP contribution in [-0.4, -0.2) is 42.9 Å². The SMILES string of the molecule is COCCOc1cc(NC2CC2)nc(C2CCCO2)n1. The average molecular weight is 279 g/mol. The van der Waals surface area contributed by atoms with Gasteiger partial charge in [0.1, 0.15) is 18.5 Å². The number of ether oxygens (including phenoxy) is 3. The zero-order chi connectivity index (χ0) is 13.8. The largest absolute Gasteiger partial charge is 0.475 e. The predicted octanol–water partition coefficient (Wildman–Crippen LogP) is 1.93. The molecule has 3 rings (SSSR count). The first-order valence-corrected chi connectivity index (χ1v) is 7.24. The van der Waals surface area contributed by atoms with E-state index >= 15 is 0 Å². The minimum atomic E-state index is 0.000674. The molecule has 1 aromatic rings. The molecule has 20 heavy (non-hydrogen) atoms. The summed E-state index contributed by atoms with van der Waals surface area (Å²) in [4.78, 5) is 9.03. The Hall–Kier alpha value is -1.40. The molecule has 0 amide bonds. The van der Waals surface area contributed by atoms with Crippen LogP contribution in [-0.2, 0) is 9.47 Å². The lowest BCUT2D eigenvalue weighted by molar-refractivity contribution is 0.103. The third-order valence-electron chi connectivity index (χ3n) is 3.40. The van der Waals surface area contributed by atoms with Crippen molar-refractivity contribution in [3.63, 3.8) is 0 Å². The minimum absolute atomic E-state index is 0.000674. The van der Waals surface area contributed by atoms with Gasteiger partial charge in [0.05, 0.1) is 6.61 Å². The number of hydrogen-bond acceptors (Lipinski definition) is 6. The fourth-order valence-electron chi connectivity index (χ4n) is 2.18. The number of nitrogens with one attached hydrogen (secondary N) is 1. The van der Waals surface area contributed by atoms with E-state index < -0.39 is 0 Å². The Balaban J connectivity index is 1.74. The Kier molecular flexibility index (Phi) is 4.32. The molecule has 1 aliphatic carbocycles. The van der Waals surface area contributed by atoms with Gasteiger partial charge in [-0.1, -0.05) is 0 Å². The van der Waals surface area contributed by atoms with E-state index in [2.05, 4.69) is 15.3 Å². The molecule has 1 N–H and O–H groups in total. The van der Waals surface area contributed by atoms with Crippen molar-refractivity contribution in [3.05, 3.63) is 11.9 Å². The Labute approximate surface area is 118 Å². The van der Waals surface area contributed by atoms with Crippen LogP contribution in [0.5, 0.6) is 5.88 Å². The Morgan fingerprint density at radius 3 is 2.90 bits per heavy atom. The van der Waals surface area contributed by atoms with Crippen molar-refractivity contribution >= 4 is 5.82 Å². The third kappa shape index (κ3) is 3.58. The van der Waals surface area contributed by atoms with Gasteiger partial charge in [-0.3, -0.25) is 0 Å². The number of methoxy groups -OCH3 is 1. The van der Waals surface area contributed by atoms with Crippen molar-refractivity contribution in [2.24, 2.45) is 0 Å². The van der Waals surface area contributed by atoms with E-state index in [1.54, 1.807) is 7.11 Å². The molecule has 2 heterocycles. The maximum atomic E-state index is 5.66. The normalized spacial score (nSPS) is 21.9. The summed E-state index contributed by atoms with van der Waals surface area (Å²) in [7, 11) is 1.65. The lowest BCUT2D eigenvalue weighted by atomic mass is 10.2.